The van der Waals surface area contributed by atoms with Crippen LogP contribution in [0.25, 0.3) is 22.1 Å². The Morgan fingerprint density at radius 1 is 1.14 bits per heavy atom. The van der Waals surface area contributed by atoms with Gasteiger partial charge in [-0.15, -0.1) is 12.4 Å². The SMILES string of the molecule is COCCN(C)C(=O)c1cccc(-c2cccc3cc(C(=O)N[C@H]4CN5CCC4CC5)oc23)c1.Cl. The predicted molar refractivity (Wildman–Crippen MR) is 138 cm³/mol. The number of para-hydroxylation sites is 1. The number of benzene rings is 2. The summed E-state index contributed by atoms with van der Waals surface area (Å²) in [7, 11) is 3.38. The summed E-state index contributed by atoms with van der Waals surface area (Å²) in [6.07, 6.45) is 2.29. The van der Waals surface area contributed by atoms with E-state index in [4.69, 9.17) is 9.15 Å². The number of methoxy groups -OCH3 is 1. The van der Waals surface area contributed by atoms with Gasteiger partial charge in [-0.3, -0.25) is 9.59 Å². The van der Waals surface area contributed by atoms with Crippen LogP contribution in [0.15, 0.2) is 52.9 Å². The highest BCUT2D eigenvalue weighted by atomic mass is 35.5. The van der Waals surface area contributed by atoms with Crippen molar-refractivity contribution in [2.24, 2.45) is 5.92 Å². The number of hydrogen-bond donors (Lipinski definition) is 1. The zero-order valence-corrected chi connectivity index (χ0v) is 21.0. The number of furan rings is 1. The summed E-state index contributed by atoms with van der Waals surface area (Å²) < 4.78 is 11.2. The van der Waals surface area contributed by atoms with E-state index in [1.165, 1.54) is 0 Å². The van der Waals surface area contributed by atoms with Gasteiger partial charge in [-0.05, 0) is 55.6 Å². The minimum atomic E-state index is -0.162. The number of halogens is 1. The Balaban J connectivity index is 0.00000289. The minimum absolute atomic E-state index is 0. The van der Waals surface area contributed by atoms with E-state index >= 15 is 0 Å². The highest BCUT2D eigenvalue weighted by molar-refractivity contribution is 6.01. The van der Waals surface area contributed by atoms with Crippen LogP contribution in [-0.4, -0.2) is 74.6 Å². The van der Waals surface area contributed by atoms with Crippen LogP contribution >= 0.6 is 12.4 Å². The van der Waals surface area contributed by atoms with Crippen molar-refractivity contribution in [1.82, 2.24) is 15.1 Å². The fourth-order valence-corrected chi connectivity index (χ4v) is 5.14. The lowest BCUT2D eigenvalue weighted by Gasteiger charge is -2.44. The van der Waals surface area contributed by atoms with Crippen LogP contribution in [0.2, 0.25) is 0 Å². The molecule has 0 aliphatic carbocycles. The topological polar surface area (TPSA) is 75.0 Å². The molecule has 1 N–H and O–H groups in total. The molecule has 7 nitrogen and oxygen atoms in total. The van der Waals surface area contributed by atoms with Gasteiger partial charge in [0.2, 0.25) is 0 Å². The minimum Gasteiger partial charge on any atom is -0.450 e. The van der Waals surface area contributed by atoms with Crippen LogP contribution in [-0.2, 0) is 4.74 Å². The third kappa shape index (κ3) is 5.22. The number of piperidine rings is 3. The molecule has 4 heterocycles. The van der Waals surface area contributed by atoms with Crippen molar-refractivity contribution in [2.45, 2.75) is 18.9 Å². The number of amides is 2. The van der Waals surface area contributed by atoms with Gasteiger partial charge in [0.15, 0.2) is 5.76 Å². The average Bonchev–Trinajstić information content (AvgIpc) is 3.32. The lowest BCUT2D eigenvalue weighted by Crippen LogP contribution is -2.57. The Labute approximate surface area is 211 Å². The van der Waals surface area contributed by atoms with Crippen LogP contribution in [0.5, 0.6) is 0 Å². The first-order valence-corrected chi connectivity index (χ1v) is 11.9. The molecule has 2 aromatic carbocycles. The second kappa shape index (κ2) is 10.8. The molecule has 3 aliphatic rings. The monoisotopic (exact) mass is 497 g/mol. The van der Waals surface area contributed by atoms with Gasteiger partial charge in [-0.2, -0.15) is 0 Å². The van der Waals surface area contributed by atoms with Crippen molar-refractivity contribution < 1.29 is 18.7 Å². The van der Waals surface area contributed by atoms with Crippen LogP contribution in [0.4, 0.5) is 0 Å². The first-order valence-electron chi connectivity index (χ1n) is 11.9. The maximum absolute atomic E-state index is 13.0. The van der Waals surface area contributed by atoms with E-state index in [1.807, 2.05) is 48.5 Å². The molecule has 0 spiro atoms. The average molecular weight is 498 g/mol. The number of nitrogens with one attached hydrogen (secondary N) is 1. The standard InChI is InChI=1S/C27H31N3O4.ClH/c1-29(13-14-33-2)27(32)21-7-3-5-19(15-21)22-8-4-6-20-16-24(34-25(20)22)26(31)28-23-17-30-11-9-18(23)10-12-30;/h3-8,15-16,18,23H,9-14,17H2,1-2H3,(H,28,31);1H/t23-;/m0./s1. The lowest BCUT2D eigenvalue weighted by atomic mass is 9.84. The van der Waals surface area contributed by atoms with Crippen molar-refractivity contribution in [1.29, 1.82) is 0 Å². The van der Waals surface area contributed by atoms with Crippen LogP contribution in [0, 0.1) is 5.92 Å². The maximum Gasteiger partial charge on any atom is 0.287 e. The summed E-state index contributed by atoms with van der Waals surface area (Å²) in [5.41, 5.74) is 2.97. The number of fused-ring (bicyclic) bond motifs is 4. The van der Waals surface area contributed by atoms with E-state index in [-0.39, 0.29) is 30.3 Å². The quantitative estimate of drug-likeness (QED) is 0.532. The Morgan fingerprint density at radius 3 is 2.63 bits per heavy atom. The number of rotatable bonds is 7. The van der Waals surface area contributed by atoms with Crippen LogP contribution in [0.3, 0.4) is 0 Å². The normalized spacial score (nSPS) is 20.9. The fourth-order valence-electron chi connectivity index (χ4n) is 5.14. The molecule has 1 aromatic heterocycles. The second-order valence-electron chi connectivity index (χ2n) is 9.35. The van der Waals surface area contributed by atoms with Crippen molar-refractivity contribution in [3.05, 3.63) is 59.9 Å². The van der Waals surface area contributed by atoms with E-state index in [0.717, 1.165) is 49.0 Å². The Morgan fingerprint density at radius 2 is 1.91 bits per heavy atom. The fraction of sp³-hybridized carbons (Fsp3) is 0.407. The highest BCUT2D eigenvalue weighted by Crippen LogP contribution is 2.32. The number of carbonyl (C=O) groups is 2. The number of ether oxygens (including phenoxy) is 1. The molecule has 6 rings (SSSR count). The van der Waals surface area contributed by atoms with Gasteiger partial charge in [0.25, 0.3) is 11.8 Å². The molecule has 8 heteroatoms. The van der Waals surface area contributed by atoms with Crippen LogP contribution < -0.4 is 5.32 Å². The molecule has 35 heavy (non-hydrogen) atoms. The van der Waals surface area contributed by atoms with Crippen molar-refractivity contribution in [3.63, 3.8) is 0 Å². The van der Waals surface area contributed by atoms with Gasteiger partial charge in [-0.25, -0.2) is 0 Å². The van der Waals surface area contributed by atoms with E-state index in [1.54, 1.807) is 19.1 Å². The molecular weight excluding hydrogens is 466 g/mol. The molecular formula is C27H32ClN3O4. The Bertz CT molecular complexity index is 1200. The number of likely N-dealkylation sites (N-methyl/N-ethyl adjacent to an activating group) is 1. The van der Waals surface area contributed by atoms with Crippen molar-refractivity contribution in [3.8, 4) is 11.1 Å². The van der Waals surface area contributed by atoms with E-state index in [2.05, 4.69) is 10.2 Å². The molecule has 1 atom stereocenters. The molecule has 2 bridgehead atoms. The van der Waals surface area contributed by atoms with E-state index in [9.17, 15) is 9.59 Å². The van der Waals surface area contributed by atoms with Gasteiger partial charge < -0.3 is 24.3 Å². The van der Waals surface area contributed by atoms with Gasteiger partial charge in [-0.1, -0.05) is 30.3 Å². The zero-order valence-electron chi connectivity index (χ0n) is 20.2. The molecule has 3 saturated heterocycles. The number of carbonyl (C=O) groups excluding carboxylic acids is 2. The molecule has 186 valence electrons. The van der Waals surface area contributed by atoms with Gasteiger partial charge in [0.1, 0.15) is 5.58 Å². The van der Waals surface area contributed by atoms with Crippen molar-refractivity contribution >= 4 is 35.2 Å². The van der Waals surface area contributed by atoms with Gasteiger partial charge in [0, 0.05) is 49.8 Å². The lowest BCUT2D eigenvalue weighted by molar-refractivity contribution is 0.0607. The summed E-state index contributed by atoms with van der Waals surface area (Å²) in [4.78, 5) is 29.9. The molecule has 2 amide bonds. The first kappa shape index (κ1) is 25.2. The maximum atomic E-state index is 13.0. The van der Waals surface area contributed by atoms with Gasteiger partial charge >= 0.3 is 0 Å². The third-order valence-corrected chi connectivity index (χ3v) is 7.14. The van der Waals surface area contributed by atoms with Gasteiger partial charge in [0.05, 0.1) is 6.61 Å². The summed E-state index contributed by atoms with van der Waals surface area (Å²) in [5, 5.41) is 4.07. The summed E-state index contributed by atoms with van der Waals surface area (Å²) >= 11 is 0. The Kier molecular flexibility index (Phi) is 7.79. The second-order valence-corrected chi connectivity index (χ2v) is 9.35. The summed E-state index contributed by atoms with van der Waals surface area (Å²) in [5.74, 6) is 0.648. The molecule has 0 saturated carbocycles. The first-order chi connectivity index (χ1) is 16.5. The van der Waals surface area contributed by atoms with Crippen LogP contribution in [0.1, 0.15) is 33.8 Å². The third-order valence-electron chi connectivity index (χ3n) is 7.14. The molecule has 0 unspecified atom stereocenters. The summed E-state index contributed by atoms with van der Waals surface area (Å²) in [6.45, 7) is 4.19. The molecule has 3 aliphatic heterocycles. The Hall–Kier alpha value is -2.87. The summed E-state index contributed by atoms with van der Waals surface area (Å²) in [6, 6.07) is 15.3. The zero-order chi connectivity index (χ0) is 23.7. The van der Waals surface area contributed by atoms with E-state index in [0.29, 0.717) is 36.0 Å². The molecule has 3 fully saturated rings. The smallest absolute Gasteiger partial charge is 0.287 e. The number of hydrogen-bond acceptors (Lipinski definition) is 5. The molecule has 0 radical (unpaired) electrons. The molecule has 3 aromatic rings. The largest absolute Gasteiger partial charge is 0.450 e. The van der Waals surface area contributed by atoms with E-state index < -0.39 is 0 Å². The number of nitrogens with zero attached hydrogens (tertiary/aromatic N) is 2. The predicted octanol–water partition coefficient (Wildman–Crippen LogP) is 4.06. The highest BCUT2D eigenvalue weighted by Gasteiger charge is 2.35. The van der Waals surface area contributed by atoms with Crippen molar-refractivity contribution in [2.75, 3.05) is 46.9 Å².